The van der Waals surface area contributed by atoms with Gasteiger partial charge in [-0.3, -0.25) is 14.9 Å². The monoisotopic (exact) mass is 179 g/mol. The van der Waals surface area contributed by atoms with Crippen LogP contribution in [0.5, 0.6) is 0 Å². The lowest BCUT2D eigenvalue weighted by molar-refractivity contribution is -0.419. The second kappa shape index (κ2) is 5.94. The number of carbonyl (C=O) groups is 1. The van der Waals surface area contributed by atoms with Gasteiger partial charge in [-0.15, -0.1) is 5.98 Å². The van der Waals surface area contributed by atoms with Crippen LogP contribution in [0.4, 0.5) is 0 Å². The molecule has 0 rings (SSSR count). The van der Waals surface area contributed by atoms with Crippen LogP contribution in [0.25, 0.3) is 0 Å². The molecule has 0 amide bonds. The van der Waals surface area contributed by atoms with Crippen LogP contribution in [0, 0.1) is 10.1 Å². The lowest BCUT2D eigenvalue weighted by Crippen LogP contribution is -2.00. The van der Waals surface area contributed by atoms with E-state index in [1.54, 1.807) is 20.7 Å². The Labute approximate surface area is 77.2 Å². The molecule has 4 nitrogen and oxygen atoms in total. The van der Waals surface area contributed by atoms with Crippen LogP contribution in [-0.2, 0) is 4.79 Å². The number of rotatable bonds is 4. The molecule has 0 aromatic rings. The molecule has 0 N–H and O–H groups in total. The third kappa shape index (κ3) is 3.51. The summed E-state index contributed by atoms with van der Waals surface area (Å²) in [5.41, 5.74) is -0.110. The summed E-state index contributed by atoms with van der Waals surface area (Å²) in [4.78, 5) is 20.4. The van der Waals surface area contributed by atoms with Gasteiger partial charge in [-0.05, 0) is 6.92 Å². The van der Waals surface area contributed by atoms with Crippen molar-refractivity contribution in [1.29, 1.82) is 0 Å². The molecule has 0 spiro atoms. The molecule has 0 unspecified atom stereocenters. The SMILES string of the molecule is B/C=C/C(C=O)=C(\C=C/C)[N+](=O)[O-]. The fraction of sp³-hybridized carbons (Fsp3) is 0.125. The molecule has 13 heavy (non-hydrogen) atoms. The number of nitro groups is 1. The molecule has 0 saturated carbocycles. The topological polar surface area (TPSA) is 60.2 Å². The van der Waals surface area contributed by atoms with Crippen molar-refractivity contribution in [2.75, 3.05) is 0 Å². The van der Waals surface area contributed by atoms with Crippen molar-refractivity contribution in [1.82, 2.24) is 0 Å². The first-order chi connectivity index (χ1) is 6.17. The molecule has 68 valence electrons. The Balaban J connectivity index is 5.24. The Morgan fingerprint density at radius 1 is 1.46 bits per heavy atom. The largest absolute Gasteiger partial charge is 0.298 e. The predicted molar refractivity (Wildman–Crippen MR) is 52.6 cm³/mol. The highest BCUT2D eigenvalue weighted by Crippen LogP contribution is 2.06. The van der Waals surface area contributed by atoms with Crippen molar-refractivity contribution < 1.29 is 9.72 Å². The predicted octanol–water partition coefficient (Wildman–Crippen LogP) is 0.439. The number of allylic oxidation sites excluding steroid dienone is 4. The zero-order valence-electron chi connectivity index (χ0n) is 7.56. The Bertz CT molecular complexity index is 292. The van der Waals surface area contributed by atoms with Gasteiger partial charge in [0.2, 0.25) is 0 Å². The number of hydrogen-bond acceptors (Lipinski definition) is 3. The summed E-state index contributed by atoms with van der Waals surface area (Å²) < 4.78 is 0. The smallest absolute Gasteiger partial charge is 0.279 e. The minimum absolute atomic E-state index is 0.0746. The van der Waals surface area contributed by atoms with Crippen LogP contribution in [0.3, 0.4) is 0 Å². The van der Waals surface area contributed by atoms with Crippen molar-refractivity contribution in [2.24, 2.45) is 0 Å². The van der Waals surface area contributed by atoms with E-state index in [9.17, 15) is 14.9 Å². The molecule has 5 heteroatoms. The van der Waals surface area contributed by atoms with E-state index in [0.29, 0.717) is 6.29 Å². The van der Waals surface area contributed by atoms with Crippen LogP contribution in [0.1, 0.15) is 6.92 Å². The first kappa shape index (κ1) is 11.4. The van der Waals surface area contributed by atoms with E-state index >= 15 is 0 Å². The van der Waals surface area contributed by atoms with Gasteiger partial charge in [-0.25, -0.2) is 0 Å². The van der Waals surface area contributed by atoms with Crippen molar-refractivity contribution in [3.8, 4) is 0 Å². The maximum absolute atomic E-state index is 10.5. The van der Waals surface area contributed by atoms with Crippen LogP contribution in [0.15, 0.2) is 35.5 Å². The fourth-order valence-electron chi connectivity index (χ4n) is 0.785. The summed E-state index contributed by atoms with van der Waals surface area (Å²) in [6.45, 7) is 1.65. The van der Waals surface area contributed by atoms with Gasteiger partial charge in [-0.2, -0.15) is 0 Å². The van der Waals surface area contributed by atoms with Crippen LogP contribution in [-0.4, -0.2) is 19.1 Å². The molecule has 0 atom stereocenters. The van der Waals surface area contributed by atoms with Crippen molar-refractivity contribution in [2.45, 2.75) is 6.92 Å². The summed E-state index contributed by atoms with van der Waals surface area (Å²) in [7, 11) is 1.69. The molecule has 0 fully saturated rings. The van der Waals surface area contributed by atoms with Gasteiger partial charge >= 0.3 is 0 Å². The van der Waals surface area contributed by atoms with E-state index in [1.807, 2.05) is 0 Å². The molecule has 0 aromatic heterocycles. The highest BCUT2D eigenvalue weighted by atomic mass is 16.6. The number of aldehydes is 1. The summed E-state index contributed by atoms with van der Waals surface area (Å²) >= 11 is 0. The first-order valence-corrected chi connectivity index (χ1v) is 3.76. The second-order valence-electron chi connectivity index (χ2n) is 2.22. The first-order valence-electron chi connectivity index (χ1n) is 3.76. The summed E-state index contributed by atoms with van der Waals surface area (Å²) in [6.07, 6.45) is 4.69. The van der Waals surface area contributed by atoms with Gasteiger partial charge in [0.15, 0.2) is 6.29 Å². The van der Waals surface area contributed by atoms with Gasteiger partial charge in [0.05, 0.1) is 10.5 Å². The lowest BCUT2D eigenvalue weighted by Gasteiger charge is -1.92. The minimum atomic E-state index is -0.580. The van der Waals surface area contributed by atoms with Crippen LogP contribution >= 0.6 is 0 Å². The van der Waals surface area contributed by atoms with Crippen molar-refractivity contribution in [3.63, 3.8) is 0 Å². The maximum Gasteiger partial charge on any atom is 0.279 e. The van der Waals surface area contributed by atoms with Crippen molar-refractivity contribution >= 4 is 14.1 Å². The molecular weight excluding hydrogens is 169 g/mol. The molecule has 0 aliphatic carbocycles. The molecule has 0 aliphatic heterocycles. The standard InChI is InChI=1S/C8H10BNO3/c1-2-3-8(10(12)13)7(6-11)4-5-9/h2-6H,9H2,1H3/b3-2-,5-4+,8-7-. The Hall–Kier alpha value is -1.65. The van der Waals surface area contributed by atoms with Crippen LogP contribution in [0.2, 0.25) is 0 Å². The van der Waals surface area contributed by atoms with E-state index in [0.717, 1.165) is 0 Å². The van der Waals surface area contributed by atoms with Gasteiger partial charge in [0.1, 0.15) is 7.85 Å². The summed E-state index contributed by atoms with van der Waals surface area (Å²) in [5.74, 6) is 1.58. The molecule has 0 saturated heterocycles. The van der Waals surface area contributed by atoms with E-state index in [4.69, 9.17) is 0 Å². The minimum Gasteiger partial charge on any atom is -0.298 e. The van der Waals surface area contributed by atoms with E-state index in [1.165, 1.54) is 18.2 Å². The second-order valence-corrected chi connectivity index (χ2v) is 2.22. The Kier molecular flexibility index (Phi) is 5.19. The van der Waals surface area contributed by atoms with Crippen LogP contribution < -0.4 is 0 Å². The number of nitrogens with zero attached hydrogens (tertiary/aromatic N) is 1. The maximum atomic E-state index is 10.5. The number of hydrogen-bond donors (Lipinski definition) is 0. The molecule has 0 radical (unpaired) electrons. The quantitative estimate of drug-likeness (QED) is 0.157. The zero-order valence-corrected chi connectivity index (χ0v) is 7.56. The normalized spacial score (nSPS) is 13.3. The van der Waals surface area contributed by atoms with Gasteiger partial charge in [0, 0.05) is 6.08 Å². The highest BCUT2D eigenvalue weighted by molar-refractivity contribution is 6.17. The summed E-state index contributed by atoms with van der Waals surface area (Å²) in [6, 6.07) is 0. The summed E-state index contributed by atoms with van der Waals surface area (Å²) in [5, 5.41) is 10.5. The average Bonchev–Trinajstić information content (AvgIpc) is 2.10. The fourth-order valence-corrected chi connectivity index (χ4v) is 0.785. The number of carbonyl (C=O) groups excluding carboxylic acids is 1. The van der Waals surface area contributed by atoms with Gasteiger partial charge in [-0.1, -0.05) is 12.2 Å². The molecule has 0 aromatic carbocycles. The van der Waals surface area contributed by atoms with E-state index in [2.05, 4.69) is 0 Å². The average molecular weight is 179 g/mol. The van der Waals surface area contributed by atoms with Gasteiger partial charge < -0.3 is 0 Å². The Morgan fingerprint density at radius 3 is 2.38 bits per heavy atom. The lowest BCUT2D eigenvalue weighted by atomic mass is 10.1. The molecular formula is C8H10BNO3. The van der Waals surface area contributed by atoms with E-state index < -0.39 is 4.92 Å². The van der Waals surface area contributed by atoms with Gasteiger partial charge in [0.25, 0.3) is 5.70 Å². The molecule has 0 aliphatic rings. The van der Waals surface area contributed by atoms with Crippen molar-refractivity contribution in [3.05, 3.63) is 45.6 Å². The Morgan fingerprint density at radius 2 is 2.08 bits per heavy atom. The third-order valence-electron chi connectivity index (χ3n) is 1.29. The highest BCUT2D eigenvalue weighted by Gasteiger charge is 2.11. The molecule has 0 bridgehead atoms. The third-order valence-corrected chi connectivity index (χ3v) is 1.29. The molecule has 0 heterocycles. The van der Waals surface area contributed by atoms with E-state index in [-0.39, 0.29) is 11.3 Å². The zero-order chi connectivity index (χ0) is 10.3.